The van der Waals surface area contributed by atoms with E-state index in [0.717, 1.165) is 5.56 Å². The van der Waals surface area contributed by atoms with E-state index in [4.69, 9.17) is 0 Å². The van der Waals surface area contributed by atoms with E-state index in [1.54, 1.807) is 0 Å². The molecule has 2 aromatic rings. The first-order chi connectivity index (χ1) is 11.3. The fourth-order valence-electron chi connectivity index (χ4n) is 2.55. The SMILES string of the molecule is CCc1nn(CC)c(C(=O)NCc2ccc(C(C)(C)C)cc2)c1[18F]. The van der Waals surface area contributed by atoms with Gasteiger partial charge in [-0.15, -0.1) is 0 Å². The highest BCUT2D eigenvalue weighted by molar-refractivity contribution is 5.93. The van der Waals surface area contributed by atoms with Crippen LogP contribution < -0.4 is 5.32 Å². The maximum atomic E-state index is 14.3. The second kappa shape index (κ2) is 7.16. The normalized spacial score (nSPS) is 11.6. The molecular formula is C19H26FN3O. The average molecular weight is 330 g/mol. The number of rotatable bonds is 5. The highest BCUT2D eigenvalue weighted by Gasteiger charge is 2.22. The highest BCUT2D eigenvalue weighted by atomic mass is 18.2. The standard InChI is InChI=1S/C19H26FN3O/c1-6-15-16(20)17(23(7-2)22-15)18(24)21-12-13-8-10-14(11-9-13)19(3,4)5/h8-11H,6-7,12H2,1-5H3,(H,21,24)/i20-1. The number of aryl methyl sites for hydroxylation is 2. The van der Waals surface area contributed by atoms with Gasteiger partial charge in [-0.25, -0.2) is 4.39 Å². The molecule has 1 heterocycles. The number of hydrogen-bond donors (Lipinski definition) is 1. The van der Waals surface area contributed by atoms with Gasteiger partial charge in [0.1, 0.15) is 0 Å². The van der Waals surface area contributed by atoms with Gasteiger partial charge in [0.2, 0.25) is 0 Å². The number of nitrogens with zero attached hydrogens (tertiary/aromatic N) is 2. The van der Waals surface area contributed by atoms with Crippen LogP contribution in [0.4, 0.5) is 4.39 Å². The van der Waals surface area contributed by atoms with E-state index in [9.17, 15) is 9.18 Å². The molecule has 1 amide bonds. The Labute approximate surface area is 143 Å². The highest BCUT2D eigenvalue weighted by Crippen LogP contribution is 2.22. The van der Waals surface area contributed by atoms with Crippen LogP contribution in [0.1, 0.15) is 61.9 Å². The van der Waals surface area contributed by atoms with Gasteiger partial charge in [0.25, 0.3) is 5.91 Å². The van der Waals surface area contributed by atoms with Gasteiger partial charge in [-0.1, -0.05) is 52.0 Å². The monoisotopic (exact) mass is 330 g/mol. The third-order valence-electron chi connectivity index (χ3n) is 4.08. The molecule has 0 atom stereocenters. The summed E-state index contributed by atoms with van der Waals surface area (Å²) in [7, 11) is 0. The lowest BCUT2D eigenvalue weighted by atomic mass is 9.87. The van der Waals surface area contributed by atoms with E-state index < -0.39 is 11.7 Å². The molecule has 0 aliphatic rings. The Kier molecular flexibility index (Phi) is 5.42. The molecular weight excluding hydrogens is 304 g/mol. The predicted molar refractivity (Wildman–Crippen MR) is 93.5 cm³/mol. The maximum Gasteiger partial charge on any atom is 0.272 e. The van der Waals surface area contributed by atoms with Crippen LogP contribution in [-0.2, 0) is 24.9 Å². The third kappa shape index (κ3) is 3.83. The van der Waals surface area contributed by atoms with E-state index in [2.05, 4.69) is 43.3 Å². The number of amides is 1. The van der Waals surface area contributed by atoms with Gasteiger partial charge in [-0.05, 0) is 29.9 Å². The fourth-order valence-corrected chi connectivity index (χ4v) is 2.55. The molecule has 0 aliphatic heterocycles. The smallest absolute Gasteiger partial charge is 0.272 e. The Morgan fingerprint density at radius 1 is 1.21 bits per heavy atom. The van der Waals surface area contributed by atoms with Gasteiger partial charge in [0, 0.05) is 13.1 Å². The van der Waals surface area contributed by atoms with Crippen LogP contribution >= 0.6 is 0 Å². The molecule has 0 unspecified atom stereocenters. The zero-order chi connectivity index (χ0) is 17.9. The van der Waals surface area contributed by atoms with Crippen molar-refractivity contribution in [3.63, 3.8) is 0 Å². The van der Waals surface area contributed by atoms with Crippen molar-refractivity contribution in [1.29, 1.82) is 0 Å². The first-order valence-electron chi connectivity index (χ1n) is 8.40. The fraction of sp³-hybridized carbons (Fsp3) is 0.474. The van der Waals surface area contributed by atoms with Crippen molar-refractivity contribution in [2.75, 3.05) is 0 Å². The van der Waals surface area contributed by atoms with Crippen LogP contribution in [0.5, 0.6) is 0 Å². The second-order valence-corrected chi connectivity index (χ2v) is 6.91. The van der Waals surface area contributed by atoms with Gasteiger partial charge >= 0.3 is 0 Å². The molecule has 2 rings (SSSR count). The van der Waals surface area contributed by atoms with Crippen LogP contribution in [0.3, 0.4) is 0 Å². The van der Waals surface area contributed by atoms with E-state index in [0.29, 0.717) is 25.2 Å². The minimum absolute atomic E-state index is 0.0145. The molecule has 0 bridgehead atoms. The molecule has 0 spiro atoms. The van der Waals surface area contributed by atoms with Crippen LogP contribution in [0.15, 0.2) is 24.3 Å². The van der Waals surface area contributed by atoms with Crippen molar-refractivity contribution in [1.82, 2.24) is 15.1 Å². The van der Waals surface area contributed by atoms with Crippen LogP contribution in [0.2, 0.25) is 0 Å². The van der Waals surface area contributed by atoms with Crippen LogP contribution in [0, 0.1) is 5.82 Å². The molecule has 4 nitrogen and oxygen atoms in total. The zero-order valence-electron chi connectivity index (χ0n) is 15.1. The summed E-state index contributed by atoms with van der Waals surface area (Å²) in [6, 6.07) is 8.11. The molecule has 0 saturated heterocycles. The van der Waals surface area contributed by atoms with E-state index >= 15 is 0 Å². The lowest BCUT2D eigenvalue weighted by molar-refractivity contribution is 0.0936. The molecule has 0 fully saturated rings. The Morgan fingerprint density at radius 2 is 1.83 bits per heavy atom. The summed E-state index contributed by atoms with van der Waals surface area (Å²) in [5.74, 6) is -0.943. The van der Waals surface area contributed by atoms with Crippen molar-refractivity contribution in [2.24, 2.45) is 0 Å². The van der Waals surface area contributed by atoms with Crippen LogP contribution in [0.25, 0.3) is 0 Å². The molecule has 130 valence electrons. The van der Waals surface area contributed by atoms with Gasteiger partial charge in [-0.2, -0.15) is 5.10 Å². The first kappa shape index (κ1) is 18.2. The summed E-state index contributed by atoms with van der Waals surface area (Å²) in [5, 5.41) is 6.93. The maximum absolute atomic E-state index is 14.3. The average Bonchev–Trinajstić information content (AvgIpc) is 2.88. The molecule has 5 heteroatoms. The molecule has 1 aromatic carbocycles. The molecule has 0 saturated carbocycles. The molecule has 0 aliphatic carbocycles. The first-order valence-corrected chi connectivity index (χ1v) is 8.40. The van der Waals surface area contributed by atoms with E-state index in [-0.39, 0.29) is 11.1 Å². The van der Waals surface area contributed by atoms with Crippen molar-refractivity contribution in [2.45, 2.75) is 59.5 Å². The summed E-state index contributed by atoms with van der Waals surface area (Å²) in [6.45, 7) is 11.0. The van der Waals surface area contributed by atoms with Crippen molar-refractivity contribution in [3.05, 3.63) is 52.6 Å². The third-order valence-corrected chi connectivity index (χ3v) is 4.08. The van der Waals surface area contributed by atoms with E-state index in [1.807, 2.05) is 26.0 Å². The number of halogens is 1. The Hall–Kier alpha value is -2.17. The van der Waals surface area contributed by atoms with E-state index in [1.165, 1.54) is 10.2 Å². The molecule has 1 aromatic heterocycles. The van der Waals surface area contributed by atoms with Crippen molar-refractivity contribution in [3.8, 4) is 0 Å². The molecule has 1 N–H and O–H groups in total. The largest absolute Gasteiger partial charge is 0.347 e. The van der Waals surface area contributed by atoms with Crippen molar-refractivity contribution >= 4 is 5.91 Å². The van der Waals surface area contributed by atoms with Crippen molar-refractivity contribution < 1.29 is 9.18 Å². The summed E-state index contributed by atoms with van der Waals surface area (Å²) >= 11 is 0. The second-order valence-electron chi connectivity index (χ2n) is 6.91. The van der Waals surface area contributed by atoms with Gasteiger partial charge in [0.05, 0.1) is 5.69 Å². The number of hydrogen-bond acceptors (Lipinski definition) is 2. The number of nitrogens with one attached hydrogen (secondary N) is 1. The number of carbonyl (C=O) groups is 1. The predicted octanol–water partition coefficient (Wildman–Crippen LogP) is 3.83. The number of aromatic nitrogens is 2. The summed E-state index contributed by atoms with van der Waals surface area (Å²) in [5.41, 5.74) is 2.65. The Bertz CT molecular complexity index is 711. The van der Waals surface area contributed by atoms with Gasteiger partial charge in [0.15, 0.2) is 11.5 Å². The number of carbonyl (C=O) groups excluding carboxylic acids is 1. The Balaban J connectivity index is 2.10. The molecule has 0 radical (unpaired) electrons. The zero-order valence-corrected chi connectivity index (χ0v) is 15.1. The summed E-state index contributed by atoms with van der Waals surface area (Å²) < 4.78 is 15.7. The minimum Gasteiger partial charge on any atom is -0.347 e. The van der Waals surface area contributed by atoms with Crippen LogP contribution in [-0.4, -0.2) is 15.7 Å². The topological polar surface area (TPSA) is 46.9 Å². The summed E-state index contributed by atoms with van der Waals surface area (Å²) in [6.07, 6.45) is 0.466. The quantitative estimate of drug-likeness (QED) is 0.905. The minimum atomic E-state index is -0.514. The Morgan fingerprint density at radius 3 is 2.33 bits per heavy atom. The van der Waals surface area contributed by atoms with Gasteiger partial charge < -0.3 is 5.32 Å². The van der Waals surface area contributed by atoms with Gasteiger partial charge in [-0.3, -0.25) is 9.48 Å². The molecule has 24 heavy (non-hydrogen) atoms. The number of benzene rings is 1. The lowest BCUT2D eigenvalue weighted by Gasteiger charge is -2.19. The summed E-state index contributed by atoms with van der Waals surface area (Å²) in [4.78, 5) is 12.4. The lowest BCUT2D eigenvalue weighted by Crippen LogP contribution is -2.26.